The number of likely N-dealkylation sites (tertiary alicyclic amines) is 1. The van der Waals surface area contributed by atoms with Crippen molar-refractivity contribution in [3.8, 4) is 0 Å². The van der Waals surface area contributed by atoms with Gasteiger partial charge in [0.15, 0.2) is 0 Å². The molecule has 1 saturated carbocycles. The van der Waals surface area contributed by atoms with Crippen molar-refractivity contribution in [1.29, 1.82) is 0 Å². The maximum absolute atomic E-state index is 12.1. The lowest BCUT2D eigenvalue weighted by Gasteiger charge is -2.37. The first-order chi connectivity index (χ1) is 11.7. The van der Waals surface area contributed by atoms with E-state index >= 15 is 0 Å². The average molecular weight is 381 g/mol. The number of rotatable bonds is 3. The number of carboxylic acid groups (broad SMARTS) is 1. The Hall–Kier alpha value is -0.590. The molecule has 3 fully saturated rings. The lowest BCUT2D eigenvalue weighted by Crippen LogP contribution is -2.32. The van der Waals surface area contributed by atoms with Gasteiger partial charge in [0, 0.05) is 47.9 Å². The number of carboxylic acids is 1. The molecule has 4 rings (SSSR count). The van der Waals surface area contributed by atoms with Crippen LogP contribution in [0.1, 0.15) is 33.1 Å². The van der Waals surface area contributed by atoms with E-state index in [9.17, 15) is 9.90 Å². The number of thiol groups is 1. The van der Waals surface area contributed by atoms with Crippen LogP contribution < -0.4 is 0 Å². The van der Waals surface area contributed by atoms with Gasteiger partial charge in [-0.1, -0.05) is 33.2 Å². The highest BCUT2D eigenvalue weighted by Gasteiger charge is 2.47. The lowest BCUT2D eigenvalue weighted by atomic mass is 9.69. The zero-order valence-electron chi connectivity index (χ0n) is 15.1. The molecule has 4 atom stereocenters. The zero-order chi connectivity index (χ0) is 17.9. The third-order valence-corrected chi connectivity index (χ3v) is 8.44. The van der Waals surface area contributed by atoms with E-state index in [1.165, 1.54) is 6.42 Å². The number of thioether (sulfide) groups is 1. The average Bonchev–Trinajstić information content (AvgIpc) is 3.15. The van der Waals surface area contributed by atoms with Crippen LogP contribution >= 0.6 is 24.6 Å². The van der Waals surface area contributed by atoms with Gasteiger partial charge in [-0.15, -0.1) is 11.8 Å². The van der Waals surface area contributed by atoms with Gasteiger partial charge < -0.3 is 10.0 Å². The van der Waals surface area contributed by atoms with Gasteiger partial charge in [0.2, 0.25) is 0 Å². The summed E-state index contributed by atoms with van der Waals surface area (Å²) in [6.07, 6.45) is 3.26. The summed E-state index contributed by atoms with van der Waals surface area (Å²) in [6, 6.07) is 0. The molecule has 138 valence electrons. The molecule has 0 aromatic rings. The van der Waals surface area contributed by atoms with Gasteiger partial charge in [-0.05, 0) is 36.5 Å². The highest BCUT2D eigenvalue weighted by Crippen LogP contribution is 2.55. The molecule has 0 bridgehead atoms. The Labute approximate surface area is 160 Å². The predicted molar refractivity (Wildman–Crippen MR) is 105 cm³/mol. The number of nitrogens with zero attached hydrogens (tertiary/aromatic N) is 2. The molecule has 1 aliphatic carbocycles. The maximum atomic E-state index is 12.1. The summed E-state index contributed by atoms with van der Waals surface area (Å²) >= 11 is 6.27. The fraction of sp³-hybridized carbons (Fsp3) is 0.737. The highest BCUT2D eigenvalue weighted by atomic mass is 32.2. The lowest BCUT2D eigenvalue weighted by molar-refractivity contribution is -0.133. The summed E-state index contributed by atoms with van der Waals surface area (Å²) in [6.45, 7) is 12.9. The first-order valence-corrected chi connectivity index (χ1v) is 10.6. The van der Waals surface area contributed by atoms with Crippen molar-refractivity contribution < 1.29 is 9.90 Å². The molecular formula is C19H28N2O2S2. The minimum atomic E-state index is -0.741. The van der Waals surface area contributed by atoms with E-state index in [0.717, 1.165) is 49.6 Å². The first kappa shape index (κ1) is 17.8. The second-order valence-corrected chi connectivity index (χ2v) is 10.8. The van der Waals surface area contributed by atoms with Crippen LogP contribution in [0.3, 0.4) is 0 Å². The van der Waals surface area contributed by atoms with Crippen molar-refractivity contribution in [1.82, 2.24) is 9.21 Å². The number of hydrogen-bond donors (Lipinski definition) is 2. The SMILES string of the molecule is C=C(C1=C(C(=O)O)C2CC(C)(C)CCC2S1)N1CC2CN(S)CC2C1. The second-order valence-electron chi connectivity index (χ2n) is 8.96. The zero-order valence-corrected chi connectivity index (χ0v) is 16.8. The van der Waals surface area contributed by atoms with Crippen LogP contribution in [0, 0.1) is 23.2 Å². The van der Waals surface area contributed by atoms with Crippen LogP contribution in [0.5, 0.6) is 0 Å². The van der Waals surface area contributed by atoms with E-state index in [4.69, 9.17) is 0 Å². The smallest absolute Gasteiger partial charge is 0.333 e. The van der Waals surface area contributed by atoms with Gasteiger partial charge in [-0.25, -0.2) is 4.79 Å². The van der Waals surface area contributed by atoms with E-state index in [-0.39, 0.29) is 11.3 Å². The monoisotopic (exact) mass is 380 g/mol. The Kier molecular flexibility index (Phi) is 4.44. The second kappa shape index (κ2) is 6.24. The highest BCUT2D eigenvalue weighted by molar-refractivity contribution is 8.04. The Morgan fingerprint density at radius 1 is 1.28 bits per heavy atom. The summed E-state index contributed by atoms with van der Waals surface area (Å²) < 4.78 is 2.11. The molecule has 4 unspecified atom stereocenters. The van der Waals surface area contributed by atoms with Crippen molar-refractivity contribution in [3.63, 3.8) is 0 Å². The van der Waals surface area contributed by atoms with Gasteiger partial charge in [0.25, 0.3) is 0 Å². The summed E-state index contributed by atoms with van der Waals surface area (Å²) in [4.78, 5) is 15.4. The molecule has 0 amide bonds. The summed E-state index contributed by atoms with van der Waals surface area (Å²) in [5, 5.41) is 10.4. The quantitative estimate of drug-likeness (QED) is 0.734. The van der Waals surface area contributed by atoms with Crippen LogP contribution in [-0.2, 0) is 4.79 Å². The molecule has 6 heteroatoms. The number of aliphatic carboxylic acids is 1. The molecule has 0 radical (unpaired) electrons. The molecule has 3 aliphatic heterocycles. The summed E-state index contributed by atoms with van der Waals surface area (Å²) in [5.74, 6) is 0.703. The van der Waals surface area contributed by atoms with Crippen LogP contribution in [0.25, 0.3) is 0 Å². The number of hydrogen-bond acceptors (Lipinski definition) is 5. The minimum absolute atomic E-state index is 0.174. The van der Waals surface area contributed by atoms with Crippen molar-refractivity contribution in [2.75, 3.05) is 26.2 Å². The molecular weight excluding hydrogens is 352 g/mol. The van der Waals surface area contributed by atoms with Crippen molar-refractivity contribution in [2.24, 2.45) is 23.2 Å². The van der Waals surface area contributed by atoms with E-state index in [0.29, 0.717) is 22.7 Å². The fourth-order valence-corrected chi connectivity index (χ4v) is 7.17. The molecule has 0 aromatic heterocycles. The van der Waals surface area contributed by atoms with Gasteiger partial charge in [0.05, 0.1) is 5.57 Å². The normalized spacial score (nSPS) is 37.3. The van der Waals surface area contributed by atoms with Gasteiger partial charge in [-0.2, -0.15) is 0 Å². The Morgan fingerprint density at radius 2 is 1.92 bits per heavy atom. The standard InChI is InChI=1S/C19H28N2O2S2/c1-11(20-7-12-9-21(24)10-13(12)8-20)17-16(18(22)23)14-6-19(2,3)5-4-15(14)25-17/h12-15,24H,1,4-10H2,2-3H3,(H,22,23). The third-order valence-electron chi connectivity index (χ3n) is 6.55. The molecule has 0 spiro atoms. The molecule has 0 aromatic carbocycles. The van der Waals surface area contributed by atoms with E-state index in [1.54, 1.807) is 11.8 Å². The van der Waals surface area contributed by atoms with E-state index in [2.05, 4.69) is 42.4 Å². The molecule has 2 saturated heterocycles. The van der Waals surface area contributed by atoms with E-state index < -0.39 is 5.97 Å². The minimum Gasteiger partial charge on any atom is -0.478 e. The first-order valence-electron chi connectivity index (χ1n) is 9.27. The predicted octanol–water partition coefficient (Wildman–Crippen LogP) is 3.49. The van der Waals surface area contributed by atoms with Crippen LogP contribution in [0.2, 0.25) is 0 Å². The summed E-state index contributed by atoms with van der Waals surface area (Å²) in [7, 11) is 0. The largest absolute Gasteiger partial charge is 0.478 e. The number of carbonyl (C=O) groups is 1. The molecule has 25 heavy (non-hydrogen) atoms. The van der Waals surface area contributed by atoms with Crippen molar-refractivity contribution >= 4 is 30.5 Å². The van der Waals surface area contributed by atoms with Gasteiger partial charge in [-0.3, -0.25) is 4.31 Å². The third kappa shape index (κ3) is 3.15. The van der Waals surface area contributed by atoms with Crippen molar-refractivity contribution in [3.05, 3.63) is 22.8 Å². The molecule has 4 nitrogen and oxygen atoms in total. The fourth-order valence-electron chi connectivity index (χ4n) is 5.19. The van der Waals surface area contributed by atoms with Crippen LogP contribution in [-0.4, -0.2) is 51.7 Å². The van der Waals surface area contributed by atoms with E-state index in [1.807, 2.05) is 0 Å². The Morgan fingerprint density at radius 3 is 2.52 bits per heavy atom. The molecule has 4 aliphatic rings. The maximum Gasteiger partial charge on any atom is 0.333 e. The van der Waals surface area contributed by atoms with Crippen LogP contribution in [0.4, 0.5) is 0 Å². The summed E-state index contributed by atoms with van der Waals surface area (Å²) in [5.41, 5.74) is 1.83. The Bertz CT molecular complexity index is 631. The van der Waals surface area contributed by atoms with Gasteiger partial charge in [0.1, 0.15) is 0 Å². The van der Waals surface area contributed by atoms with Gasteiger partial charge >= 0.3 is 5.97 Å². The molecule has 1 N–H and O–H groups in total. The molecule has 3 heterocycles. The Balaban J connectivity index is 1.57. The van der Waals surface area contributed by atoms with Crippen LogP contribution in [0.15, 0.2) is 22.8 Å². The number of fused-ring (bicyclic) bond motifs is 2. The topological polar surface area (TPSA) is 43.8 Å². The van der Waals surface area contributed by atoms with Crippen molar-refractivity contribution in [2.45, 2.75) is 38.4 Å².